The molecule has 0 unspecified atom stereocenters. The molecule has 3 saturated heterocycles. The number of benzene rings is 2. The van der Waals surface area contributed by atoms with Crippen molar-refractivity contribution in [3.8, 4) is 0 Å². The first-order valence-corrected chi connectivity index (χ1v) is 18.4. The summed E-state index contributed by atoms with van der Waals surface area (Å²) >= 11 is 5.87. The number of nitrogens with one attached hydrogen (secondary N) is 3. The third-order valence-corrected chi connectivity index (χ3v) is 11.6. The van der Waals surface area contributed by atoms with E-state index in [0.717, 1.165) is 48.1 Å². The van der Waals surface area contributed by atoms with E-state index in [1.807, 2.05) is 25.2 Å². The number of carbonyl (C=O) groups is 2. The third-order valence-electron chi connectivity index (χ3n) is 9.52. The zero-order valence-electron chi connectivity index (χ0n) is 27.2. The Labute approximate surface area is 289 Å². The van der Waals surface area contributed by atoms with Crippen molar-refractivity contribution in [3.63, 3.8) is 0 Å². The first-order valence-electron chi connectivity index (χ1n) is 16.5. The van der Waals surface area contributed by atoms with Crippen LogP contribution in [0.3, 0.4) is 0 Å². The maximum absolute atomic E-state index is 13.5. The zero-order valence-corrected chi connectivity index (χ0v) is 28.8. The molecule has 49 heavy (non-hydrogen) atoms. The molecule has 7 rings (SSSR count). The molecule has 0 atom stereocenters. The number of sulfonamides is 1. The minimum Gasteiger partial charge on any atom is -0.371 e. The summed E-state index contributed by atoms with van der Waals surface area (Å²) in [6.45, 7) is 3.46. The first kappa shape index (κ1) is 33.2. The van der Waals surface area contributed by atoms with Gasteiger partial charge >= 0.3 is 6.03 Å². The molecule has 3 amide bonds. The van der Waals surface area contributed by atoms with Crippen molar-refractivity contribution >= 4 is 61.9 Å². The molecule has 4 aromatic rings. The van der Waals surface area contributed by atoms with E-state index >= 15 is 0 Å². The lowest BCUT2D eigenvalue weighted by Crippen LogP contribution is -2.49. The number of hydrogen-bond donors (Lipinski definition) is 3. The molecule has 0 radical (unpaired) electrons. The van der Waals surface area contributed by atoms with Gasteiger partial charge in [-0.2, -0.15) is 9.40 Å². The lowest BCUT2D eigenvalue weighted by atomic mass is 10.0. The number of nitrogens with zero attached hydrogens (tertiary/aromatic N) is 7. The summed E-state index contributed by atoms with van der Waals surface area (Å²) in [5.41, 5.74) is 2.94. The summed E-state index contributed by atoms with van der Waals surface area (Å²) in [6.07, 6.45) is 6.51. The van der Waals surface area contributed by atoms with Crippen molar-refractivity contribution in [3.05, 3.63) is 65.4 Å². The Balaban J connectivity index is 0.914. The molecule has 14 nitrogen and oxygen atoms in total. The molecular weight excluding hydrogens is 668 g/mol. The average molecular weight is 707 g/mol. The molecule has 2 aromatic heterocycles. The maximum atomic E-state index is 13.5. The molecule has 0 saturated carbocycles. The predicted octanol–water partition coefficient (Wildman–Crippen LogP) is 3.49. The van der Waals surface area contributed by atoms with Gasteiger partial charge in [0.1, 0.15) is 0 Å². The second-order valence-electron chi connectivity index (χ2n) is 12.7. The van der Waals surface area contributed by atoms with Gasteiger partial charge in [0.05, 0.1) is 27.8 Å². The van der Waals surface area contributed by atoms with Crippen LogP contribution in [-0.2, 0) is 28.4 Å². The van der Waals surface area contributed by atoms with Crippen molar-refractivity contribution in [2.75, 3.05) is 47.8 Å². The highest BCUT2D eigenvalue weighted by atomic mass is 35.5. The van der Waals surface area contributed by atoms with Crippen LogP contribution < -0.4 is 25.8 Å². The van der Waals surface area contributed by atoms with Gasteiger partial charge in [-0.3, -0.25) is 19.7 Å². The number of aryl methyl sites for hydroxylation is 1. The summed E-state index contributed by atoms with van der Waals surface area (Å²) in [4.78, 5) is 36.6. The van der Waals surface area contributed by atoms with Crippen LogP contribution in [0.25, 0.3) is 10.9 Å². The number of carbonyl (C=O) groups excluding carboxylic acids is 2. The number of halogens is 1. The number of amides is 3. The third kappa shape index (κ3) is 7.20. The van der Waals surface area contributed by atoms with Gasteiger partial charge in [0.15, 0.2) is 5.82 Å². The van der Waals surface area contributed by atoms with Crippen molar-refractivity contribution in [2.24, 2.45) is 7.05 Å². The minimum atomic E-state index is -3.62. The second-order valence-corrected chi connectivity index (χ2v) is 15.1. The molecule has 3 aliphatic heterocycles. The van der Waals surface area contributed by atoms with Gasteiger partial charge in [0.25, 0.3) is 0 Å². The van der Waals surface area contributed by atoms with Gasteiger partial charge in [0, 0.05) is 75.9 Å². The van der Waals surface area contributed by atoms with E-state index in [1.165, 1.54) is 17.3 Å². The Morgan fingerprint density at radius 2 is 1.67 bits per heavy atom. The number of hydrogen-bond acceptors (Lipinski definition) is 10. The molecule has 3 fully saturated rings. The number of imide groups is 1. The first-order chi connectivity index (χ1) is 23.6. The Morgan fingerprint density at radius 1 is 0.939 bits per heavy atom. The number of rotatable bonds is 9. The quantitative estimate of drug-likeness (QED) is 0.235. The lowest BCUT2D eigenvalue weighted by molar-refractivity contribution is -0.120. The highest BCUT2D eigenvalue weighted by Gasteiger charge is 2.31. The van der Waals surface area contributed by atoms with E-state index in [0.29, 0.717) is 66.7 Å². The van der Waals surface area contributed by atoms with Crippen LogP contribution in [0.4, 0.5) is 22.2 Å². The van der Waals surface area contributed by atoms with Crippen LogP contribution in [0, 0.1) is 0 Å². The van der Waals surface area contributed by atoms with Crippen LogP contribution in [0.15, 0.2) is 59.8 Å². The van der Waals surface area contributed by atoms with E-state index in [1.54, 1.807) is 21.1 Å². The molecule has 3 aliphatic rings. The van der Waals surface area contributed by atoms with Crippen LogP contribution in [-0.4, -0.2) is 89.2 Å². The van der Waals surface area contributed by atoms with E-state index in [-0.39, 0.29) is 18.4 Å². The number of fused-ring (bicyclic) bond motifs is 1. The summed E-state index contributed by atoms with van der Waals surface area (Å²) in [7, 11) is -1.76. The summed E-state index contributed by atoms with van der Waals surface area (Å²) < 4.78 is 30.4. The Kier molecular flexibility index (Phi) is 9.42. The average Bonchev–Trinajstić information content (AvgIpc) is 3.44. The fraction of sp³-hybridized carbons (Fsp3) is 0.424. The Bertz CT molecular complexity index is 1960. The SMILES string of the molecule is Cn1nc(N2CCC(=O)NC2=O)c2ccc(N3CCC(NCc4cccc(S(=O)(=O)N5CCC(Nc6ncc(Cl)cn6)CC5)c4)CC3)cc21. The molecule has 5 heterocycles. The molecule has 16 heteroatoms. The van der Waals surface area contributed by atoms with Gasteiger partial charge in [-0.05, 0) is 61.6 Å². The summed E-state index contributed by atoms with van der Waals surface area (Å²) in [5, 5.41) is 15.2. The van der Waals surface area contributed by atoms with E-state index < -0.39 is 16.1 Å². The molecule has 0 aliphatic carbocycles. The van der Waals surface area contributed by atoms with Gasteiger partial charge in [-0.15, -0.1) is 0 Å². The standard InChI is InChI=1S/C33H39ClN10O4S/c1-41-29-18-26(5-6-28(29)31(40-41)44-16-11-30(45)39-33(44)46)42-12-7-24(8-13-42)35-19-22-3-2-4-27(17-22)49(47,48)43-14-9-25(10-15-43)38-32-36-20-23(34)21-37-32/h2-6,17-18,20-21,24-25,35H,7-16,19H2,1H3,(H,36,37,38)(H,39,45,46). The predicted molar refractivity (Wildman–Crippen MR) is 187 cm³/mol. The lowest BCUT2D eigenvalue weighted by Gasteiger charge is -2.34. The highest BCUT2D eigenvalue weighted by molar-refractivity contribution is 7.89. The van der Waals surface area contributed by atoms with Gasteiger partial charge < -0.3 is 15.5 Å². The van der Waals surface area contributed by atoms with Gasteiger partial charge in [0.2, 0.25) is 21.9 Å². The summed E-state index contributed by atoms with van der Waals surface area (Å²) in [6, 6.07) is 13.3. The van der Waals surface area contributed by atoms with Crippen LogP contribution >= 0.6 is 11.6 Å². The second kappa shape index (κ2) is 13.9. The van der Waals surface area contributed by atoms with Crippen molar-refractivity contribution in [1.29, 1.82) is 0 Å². The minimum absolute atomic E-state index is 0.0867. The van der Waals surface area contributed by atoms with E-state index in [2.05, 4.69) is 48.0 Å². The molecule has 0 spiro atoms. The van der Waals surface area contributed by atoms with E-state index in [9.17, 15) is 18.0 Å². The van der Waals surface area contributed by atoms with Crippen molar-refractivity contribution in [2.45, 2.75) is 55.6 Å². The van der Waals surface area contributed by atoms with E-state index in [4.69, 9.17) is 11.6 Å². The van der Waals surface area contributed by atoms with Crippen molar-refractivity contribution < 1.29 is 18.0 Å². The molecular formula is C33H39ClN10O4S. The molecule has 258 valence electrons. The maximum Gasteiger partial charge on any atom is 0.329 e. The number of urea groups is 1. The van der Waals surface area contributed by atoms with Crippen molar-refractivity contribution in [1.82, 2.24) is 34.7 Å². The van der Waals surface area contributed by atoms with Gasteiger partial charge in [-0.1, -0.05) is 23.7 Å². The summed E-state index contributed by atoms with van der Waals surface area (Å²) in [5.74, 6) is 0.770. The van der Waals surface area contributed by atoms with Gasteiger partial charge in [-0.25, -0.2) is 23.2 Å². The zero-order chi connectivity index (χ0) is 34.1. The topological polar surface area (TPSA) is 158 Å². The fourth-order valence-electron chi connectivity index (χ4n) is 6.77. The molecule has 2 aromatic carbocycles. The number of anilines is 3. The smallest absolute Gasteiger partial charge is 0.329 e. The highest BCUT2D eigenvalue weighted by Crippen LogP contribution is 2.31. The Hall–Kier alpha value is -4.31. The van der Waals surface area contributed by atoms with Crippen LogP contribution in [0.2, 0.25) is 5.02 Å². The number of piperidine rings is 2. The van der Waals surface area contributed by atoms with Crippen LogP contribution in [0.5, 0.6) is 0 Å². The Morgan fingerprint density at radius 3 is 2.41 bits per heavy atom. The molecule has 3 N–H and O–H groups in total. The number of aromatic nitrogens is 4. The largest absolute Gasteiger partial charge is 0.371 e. The fourth-order valence-corrected chi connectivity index (χ4v) is 8.41. The normalized spacial score (nSPS) is 18.7. The molecule has 0 bridgehead atoms. The monoisotopic (exact) mass is 706 g/mol. The van der Waals surface area contributed by atoms with Crippen LogP contribution in [0.1, 0.15) is 37.7 Å².